The van der Waals surface area contributed by atoms with E-state index in [4.69, 9.17) is 0 Å². The Morgan fingerprint density at radius 3 is 2.28 bits per heavy atom. The number of hydrogen-bond donors (Lipinski definition) is 1. The summed E-state index contributed by atoms with van der Waals surface area (Å²) < 4.78 is 0. The third kappa shape index (κ3) is 3.32. The van der Waals surface area contributed by atoms with E-state index in [9.17, 15) is 14.7 Å². The molecule has 0 heterocycles. The summed E-state index contributed by atoms with van der Waals surface area (Å²) in [6, 6.07) is 8.79. The number of rotatable bonds is 4. The molecule has 1 rings (SSSR count). The maximum Gasteiger partial charge on any atom is 0.408 e. The van der Waals surface area contributed by atoms with Crippen LogP contribution in [-0.2, 0) is 4.79 Å². The van der Waals surface area contributed by atoms with Crippen LogP contribution >= 0.6 is 0 Å². The highest BCUT2D eigenvalue weighted by Gasteiger charge is 2.33. The maximum absolute atomic E-state index is 11.4. The second kappa shape index (κ2) is 5.67. The zero-order valence-corrected chi connectivity index (χ0v) is 11.0. The molecule has 4 nitrogen and oxygen atoms in total. The Morgan fingerprint density at radius 1 is 1.33 bits per heavy atom. The minimum atomic E-state index is -1.02. The lowest BCUT2D eigenvalue weighted by Crippen LogP contribution is -2.47. The van der Waals surface area contributed by atoms with Crippen LogP contribution in [0.1, 0.15) is 38.8 Å². The first-order chi connectivity index (χ1) is 8.38. The molecule has 1 atom stereocenters. The Balaban J connectivity index is 3.17. The summed E-state index contributed by atoms with van der Waals surface area (Å²) in [6.07, 6.45) is -0.0920. The third-order valence-electron chi connectivity index (χ3n) is 2.74. The Kier molecular flexibility index (Phi) is 4.48. The van der Waals surface area contributed by atoms with Crippen molar-refractivity contribution in [2.24, 2.45) is 0 Å². The first kappa shape index (κ1) is 14.2. The Morgan fingerprint density at radius 2 is 1.89 bits per heavy atom. The van der Waals surface area contributed by atoms with Gasteiger partial charge in [0, 0.05) is 12.0 Å². The first-order valence-corrected chi connectivity index (χ1v) is 5.88. The van der Waals surface area contributed by atoms with Crippen LogP contribution in [0.15, 0.2) is 30.3 Å². The van der Waals surface area contributed by atoms with Crippen LogP contribution in [0.25, 0.3) is 0 Å². The quantitative estimate of drug-likeness (QED) is 0.834. The van der Waals surface area contributed by atoms with Crippen molar-refractivity contribution in [2.75, 3.05) is 0 Å². The van der Waals surface area contributed by atoms with Gasteiger partial charge in [0.1, 0.15) is 6.29 Å². The van der Waals surface area contributed by atoms with Crippen molar-refractivity contribution >= 4 is 12.4 Å². The second-order valence-electron chi connectivity index (χ2n) is 5.15. The molecule has 0 bridgehead atoms. The van der Waals surface area contributed by atoms with Crippen LogP contribution in [0.4, 0.5) is 4.79 Å². The van der Waals surface area contributed by atoms with Crippen LogP contribution in [0.5, 0.6) is 0 Å². The van der Waals surface area contributed by atoms with E-state index in [1.165, 1.54) is 4.90 Å². The molecule has 98 valence electrons. The maximum atomic E-state index is 11.4. The molecule has 0 aromatic heterocycles. The number of carboxylic acid groups (broad SMARTS) is 1. The number of aldehydes is 1. The fourth-order valence-corrected chi connectivity index (χ4v) is 2.04. The third-order valence-corrected chi connectivity index (χ3v) is 2.74. The highest BCUT2D eigenvalue weighted by Crippen LogP contribution is 2.30. The van der Waals surface area contributed by atoms with E-state index in [-0.39, 0.29) is 6.42 Å². The first-order valence-electron chi connectivity index (χ1n) is 5.88. The molecule has 0 fully saturated rings. The summed E-state index contributed by atoms with van der Waals surface area (Å²) >= 11 is 0. The van der Waals surface area contributed by atoms with Gasteiger partial charge in [0.15, 0.2) is 0 Å². The van der Waals surface area contributed by atoms with Gasteiger partial charge in [0.05, 0.1) is 6.04 Å². The van der Waals surface area contributed by atoms with Crippen molar-refractivity contribution in [3.05, 3.63) is 35.9 Å². The lowest BCUT2D eigenvalue weighted by molar-refractivity contribution is -0.109. The smallest absolute Gasteiger partial charge is 0.408 e. The van der Waals surface area contributed by atoms with Gasteiger partial charge >= 0.3 is 6.09 Å². The number of hydrogen-bond acceptors (Lipinski definition) is 2. The minimum absolute atomic E-state index is 0.160. The van der Waals surface area contributed by atoms with Crippen molar-refractivity contribution in [2.45, 2.75) is 38.8 Å². The van der Waals surface area contributed by atoms with Gasteiger partial charge in [0.2, 0.25) is 0 Å². The molecule has 0 saturated carbocycles. The Hall–Kier alpha value is -1.84. The average molecular weight is 249 g/mol. The Bertz CT molecular complexity index is 409. The fraction of sp³-hybridized carbons (Fsp3) is 0.429. The summed E-state index contributed by atoms with van der Waals surface area (Å²) in [5, 5.41) is 9.38. The van der Waals surface area contributed by atoms with E-state index in [2.05, 4.69) is 0 Å². The van der Waals surface area contributed by atoms with Crippen LogP contribution in [0.2, 0.25) is 0 Å². The van der Waals surface area contributed by atoms with Crippen LogP contribution in [-0.4, -0.2) is 27.9 Å². The Labute approximate surface area is 107 Å². The molecule has 0 radical (unpaired) electrons. The van der Waals surface area contributed by atoms with Gasteiger partial charge in [-0.15, -0.1) is 0 Å². The van der Waals surface area contributed by atoms with E-state index < -0.39 is 17.7 Å². The number of nitrogens with zero attached hydrogens (tertiary/aromatic N) is 1. The summed E-state index contributed by atoms with van der Waals surface area (Å²) in [7, 11) is 0. The average Bonchev–Trinajstić information content (AvgIpc) is 2.27. The van der Waals surface area contributed by atoms with Gasteiger partial charge in [-0.25, -0.2) is 4.79 Å². The lowest BCUT2D eigenvalue weighted by atomic mass is 9.96. The highest BCUT2D eigenvalue weighted by molar-refractivity contribution is 5.68. The molecular formula is C14H19NO3. The second-order valence-corrected chi connectivity index (χ2v) is 5.15. The van der Waals surface area contributed by atoms with Gasteiger partial charge in [-0.1, -0.05) is 30.3 Å². The largest absolute Gasteiger partial charge is 0.465 e. The molecule has 1 unspecified atom stereocenters. The van der Waals surface area contributed by atoms with Gasteiger partial charge in [-0.2, -0.15) is 0 Å². The summed E-state index contributed by atoms with van der Waals surface area (Å²) in [4.78, 5) is 23.6. The molecule has 1 aromatic carbocycles. The summed E-state index contributed by atoms with van der Waals surface area (Å²) in [5.74, 6) is 0. The molecule has 0 saturated heterocycles. The van der Waals surface area contributed by atoms with Crippen molar-refractivity contribution in [1.29, 1.82) is 0 Å². The van der Waals surface area contributed by atoms with Gasteiger partial charge in [-0.3, -0.25) is 4.90 Å². The van der Waals surface area contributed by atoms with E-state index in [1.807, 2.05) is 51.1 Å². The molecule has 1 amide bonds. The van der Waals surface area contributed by atoms with Crippen molar-refractivity contribution in [1.82, 2.24) is 4.90 Å². The number of benzene rings is 1. The monoisotopic (exact) mass is 249 g/mol. The zero-order valence-electron chi connectivity index (χ0n) is 11.0. The van der Waals surface area contributed by atoms with Crippen molar-refractivity contribution in [3.63, 3.8) is 0 Å². The van der Waals surface area contributed by atoms with Gasteiger partial charge in [-0.05, 0) is 26.3 Å². The number of carbonyl (C=O) groups is 2. The zero-order chi connectivity index (χ0) is 13.8. The van der Waals surface area contributed by atoms with E-state index in [0.29, 0.717) is 0 Å². The summed E-state index contributed by atoms with van der Waals surface area (Å²) in [6.45, 7) is 5.46. The van der Waals surface area contributed by atoms with Crippen LogP contribution in [0, 0.1) is 0 Å². The lowest BCUT2D eigenvalue weighted by Gasteiger charge is -2.39. The van der Waals surface area contributed by atoms with Crippen molar-refractivity contribution in [3.8, 4) is 0 Å². The molecule has 0 aliphatic carbocycles. The number of carbonyl (C=O) groups excluding carboxylic acids is 1. The van der Waals surface area contributed by atoms with E-state index in [0.717, 1.165) is 11.8 Å². The molecule has 1 N–H and O–H groups in total. The van der Waals surface area contributed by atoms with E-state index in [1.54, 1.807) is 0 Å². The molecule has 4 heteroatoms. The molecular weight excluding hydrogens is 230 g/mol. The van der Waals surface area contributed by atoms with Crippen LogP contribution in [0.3, 0.4) is 0 Å². The topological polar surface area (TPSA) is 57.6 Å². The molecule has 0 aliphatic heterocycles. The standard InChI is InChI=1S/C14H19NO3/c1-14(2,3)15(13(17)18)12(9-10-16)11-7-5-4-6-8-11/h4-8,10,12H,9H2,1-3H3,(H,17,18). The van der Waals surface area contributed by atoms with Gasteiger partial charge < -0.3 is 9.90 Å². The predicted molar refractivity (Wildman–Crippen MR) is 69.5 cm³/mol. The molecule has 18 heavy (non-hydrogen) atoms. The highest BCUT2D eigenvalue weighted by atomic mass is 16.4. The van der Waals surface area contributed by atoms with Gasteiger partial charge in [0.25, 0.3) is 0 Å². The summed E-state index contributed by atoms with van der Waals surface area (Å²) in [5.41, 5.74) is 0.275. The number of amides is 1. The molecule has 0 spiro atoms. The SMILES string of the molecule is CC(C)(C)N(C(=O)O)C(CC=O)c1ccccc1. The molecule has 1 aromatic rings. The minimum Gasteiger partial charge on any atom is -0.465 e. The van der Waals surface area contributed by atoms with Crippen LogP contribution < -0.4 is 0 Å². The van der Waals surface area contributed by atoms with Crippen molar-refractivity contribution < 1.29 is 14.7 Å². The fourth-order valence-electron chi connectivity index (χ4n) is 2.04. The molecule has 0 aliphatic rings. The van der Waals surface area contributed by atoms with E-state index >= 15 is 0 Å². The predicted octanol–water partition coefficient (Wildman–Crippen LogP) is 3.10. The normalized spacial score (nSPS) is 12.8.